The third kappa shape index (κ3) is 4.39. The molecular formula is C26H20F3NO4. The Morgan fingerprint density at radius 1 is 0.971 bits per heavy atom. The first-order valence-corrected chi connectivity index (χ1v) is 10.3. The maximum Gasteiger partial charge on any atom is 0.416 e. The lowest BCUT2D eigenvalue weighted by molar-refractivity contribution is -0.140. The predicted octanol–water partition coefficient (Wildman–Crippen LogP) is 5.34. The van der Waals surface area contributed by atoms with Gasteiger partial charge in [0.25, 0.3) is 11.7 Å². The lowest BCUT2D eigenvalue weighted by atomic mass is 9.95. The van der Waals surface area contributed by atoms with Gasteiger partial charge in [-0.2, -0.15) is 13.2 Å². The molecule has 174 valence electrons. The van der Waals surface area contributed by atoms with E-state index in [2.05, 4.69) is 0 Å². The van der Waals surface area contributed by atoms with Gasteiger partial charge in [0.2, 0.25) is 0 Å². The van der Waals surface area contributed by atoms with Crippen LogP contribution in [0.4, 0.5) is 13.2 Å². The van der Waals surface area contributed by atoms with Crippen molar-refractivity contribution in [3.05, 3.63) is 107 Å². The Labute approximate surface area is 193 Å². The van der Waals surface area contributed by atoms with Crippen molar-refractivity contribution in [3.8, 4) is 5.75 Å². The summed E-state index contributed by atoms with van der Waals surface area (Å²) in [5, 5.41) is 11.0. The van der Waals surface area contributed by atoms with Gasteiger partial charge in [-0.15, -0.1) is 0 Å². The second-order valence-electron chi connectivity index (χ2n) is 7.77. The molecule has 4 rings (SSSR count). The average Bonchev–Trinajstić information content (AvgIpc) is 3.08. The molecule has 0 aromatic heterocycles. The second kappa shape index (κ2) is 9.05. The number of ether oxygens (including phenoxy) is 1. The number of carbonyl (C=O) groups is 2. The highest BCUT2D eigenvalue weighted by molar-refractivity contribution is 6.46. The van der Waals surface area contributed by atoms with Gasteiger partial charge in [-0.1, -0.05) is 54.6 Å². The minimum Gasteiger partial charge on any atom is -0.507 e. The van der Waals surface area contributed by atoms with E-state index in [9.17, 15) is 27.9 Å². The number of aliphatic hydroxyl groups is 1. The van der Waals surface area contributed by atoms with E-state index in [4.69, 9.17) is 4.74 Å². The van der Waals surface area contributed by atoms with Crippen LogP contribution in [0, 0.1) is 0 Å². The molecule has 3 aromatic carbocycles. The summed E-state index contributed by atoms with van der Waals surface area (Å²) >= 11 is 0. The fourth-order valence-electron chi connectivity index (χ4n) is 4.00. The van der Waals surface area contributed by atoms with E-state index < -0.39 is 29.5 Å². The van der Waals surface area contributed by atoms with E-state index in [1.807, 2.05) is 0 Å². The van der Waals surface area contributed by atoms with Gasteiger partial charge < -0.3 is 14.7 Å². The largest absolute Gasteiger partial charge is 0.507 e. The normalized spacial score (nSPS) is 17.8. The zero-order valence-electron chi connectivity index (χ0n) is 18.0. The number of ketones is 1. The van der Waals surface area contributed by atoms with Gasteiger partial charge in [0.05, 0.1) is 24.3 Å². The maximum atomic E-state index is 13.2. The Kier molecular flexibility index (Phi) is 6.15. The van der Waals surface area contributed by atoms with E-state index in [-0.39, 0.29) is 23.4 Å². The van der Waals surface area contributed by atoms with Gasteiger partial charge in [0, 0.05) is 12.1 Å². The fraction of sp³-hybridized carbons (Fsp3) is 0.154. The number of aliphatic hydroxyl groups excluding tert-OH is 1. The zero-order chi connectivity index (χ0) is 24.5. The molecular weight excluding hydrogens is 447 g/mol. The molecule has 8 heteroatoms. The number of hydrogen-bond donors (Lipinski definition) is 1. The highest BCUT2D eigenvalue weighted by Gasteiger charge is 2.46. The van der Waals surface area contributed by atoms with Crippen molar-refractivity contribution in [2.45, 2.75) is 18.8 Å². The maximum absolute atomic E-state index is 13.2. The molecule has 34 heavy (non-hydrogen) atoms. The number of Topliss-reactive ketones (excluding diaryl/α,β-unsaturated/α-hetero) is 1. The van der Waals surface area contributed by atoms with Crippen LogP contribution < -0.4 is 4.74 Å². The van der Waals surface area contributed by atoms with Crippen LogP contribution in [-0.2, 0) is 22.3 Å². The summed E-state index contributed by atoms with van der Waals surface area (Å²) < 4.78 is 44.9. The van der Waals surface area contributed by atoms with Gasteiger partial charge in [0.15, 0.2) is 0 Å². The molecule has 1 aliphatic rings. The summed E-state index contributed by atoms with van der Waals surface area (Å²) in [5.74, 6) is -1.73. The number of halogens is 3. The molecule has 5 nitrogen and oxygen atoms in total. The monoisotopic (exact) mass is 467 g/mol. The smallest absolute Gasteiger partial charge is 0.416 e. The highest BCUT2D eigenvalue weighted by atomic mass is 19.4. The SMILES string of the molecule is COc1cccc(C2/C(=C(\O)c3ccccc3)C(=O)C(=O)N2Cc2cccc(C(F)(F)F)c2)c1. The number of amides is 1. The number of methoxy groups -OCH3 is 1. The topological polar surface area (TPSA) is 66.8 Å². The van der Waals surface area contributed by atoms with Gasteiger partial charge in [0.1, 0.15) is 11.5 Å². The van der Waals surface area contributed by atoms with Crippen LogP contribution in [0.5, 0.6) is 5.75 Å². The van der Waals surface area contributed by atoms with Crippen molar-refractivity contribution in [1.82, 2.24) is 4.90 Å². The number of alkyl halides is 3. The number of rotatable bonds is 5. The first kappa shape index (κ1) is 23.1. The number of carbonyl (C=O) groups excluding carboxylic acids is 2. The van der Waals surface area contributed by atoms with E-state index >= 15 is 0 Å². The van der Waals surface area contributed by atoms with Crippen LogP contribution in [0.1, 0.15) is 28.3 Å². The molecule has 0 radical (unpaired) electrons. The van der Waals surface area contributed by atoms with E-state index in [1.165, 1.54) is 24.1 Å². The molecule has 0 spiro atoms. The highest BCUT2D eigenvalue weighted by Crippen LogP contribution is 2.41. The fourth-order valence-corrected chi connectivity index (χ4v) is 4.00. The van der Waals surface area contributed by atoms with Crippen LogP contribution in [0.15, 0.2) is 84.4 Å². The number of likely N-dealkylation sites (tertiary alicyclic amines) is 1. The summed E-state index contributed by atoms with van der Waals surface area (Å²) in [5.41, 5.74) is 0.0139. The lowest BCUT2D eigenvalue weighted by Gasteiger charge is -2.26. The molecule has 0 bridgehead atoms. The molecule has 0 aliphatic carbocycles. The van der Waals surface area contributed by atoms with Gasteiger partial charge in [-0.25, -0.2) is 0 Å². The molecule has 1 fully saturated rings. The van der Waals surface area contributed by atoms with Crippen molar-refractivity contribution >= 4 is 17.4 Å². The molecule has 1 saturated heterocycles. The van der Waals surface area contributed by atoms with Gasteiger partial charge >= 0.3 is 6.18 Å². The Balaban J connectivity index is 1.85. The van der Waals surface area contributed by atoms with Crippen LogP contribution in [0.3, 0.4) is 0 Å². The number of hydrogen-bond acceptors (Lipinski definition) is 4. The van der Waals surface area contributed by atoms with Crippen molar-refractivity contribution in [3.63, 3.8) is 0 Å². The Hall–Kier alpha value is -4.07. The first-order chi connectivity index (χ1) is 16.2. The first-order valence-electron chi connectivity index (χ1n) is 10.3. The van der Waals surface area contributed by atoms with Gasteiger partial charge in [-0.05, 0) is 35.4 Å². The molecule has 1 heterocycles. The second-order valence-corrected chi connectivity index (χ2v) is 7.77. The van der Waals surface area contributed by atoms with Crippen LogP contribution >= 0.6 is 0 Å². The molecule has 0 saturated carbocycles. The molecule has 1 unspecified atom stereocenters. The lowest BCUT2D eigenvalue weighted by Crippen LogP contribution is -2.29. The minimum atomic E-state index is -4.55. The number of nitrogens with zero attached hydrogens (tertiary/aromatic N) is 1. The minimum absolute atomic E-state index is 0.142. The van der Waals surface area contributed by atoms with Crippen molar-refractivity contribution in [2.24, 2.45) is 0 Å². The third-order valence-electron chi connectivity index (χ3n) is 5.60. The predicted molar refractivity (Wildman–Crippen MR) is 119 cm³/mol. The Bertz CT molecular complexity index is 1270. The molecule has 1 N–H and O–H groups in total. The average molecular weight is 467 g/mol. The van der Waals surface area contributed by atoms with E-state index in [0.29, 0.717) is 16.9 Å². The summed E-state index contributed by atoms with van der Waals surface area (Å²) in [6.07, 6.45) is -4.55. The summed E-state index contributed by atoms with van der Waals surface area (Å²) in [4.78, 5) is 27.3. The standard InChI is InChI=1S/C26H20F3NO4/c1-34-20-12-6-10-18(14-20)22-21(23(31)17-8-3-2-4-9-17)24(32)25(33)30(22)15-16-7-5-11-19(13-16)26(27,28)29/h2-14,22,31H,15H2,1H3/b23-21+. The third-order valence-corrected chi connectivity index (χ3v) is 5.60. The van der Waals surface area contributed by atoms with Crippen LogP contribution in [-0.4, -0.2) is 28.8 Å². The summed E-state index contributed by atoms with van der Waals surface area (Å²) in [6.45, 7) is -0.262. The van der Waals surface area contributed by atoms with Gasteiger partial charge in [-0.3, -0.25) is 9.59 Å². The molecule has 3 aromatic rings. The van der Waals surface area contributed by atoms with E-state index in [0.717, 1.165) is 12.1 Å². The molecule has 1 atom stereocenters. The van der Waals surface area contributed by atoms with E-state index in [1.54, 1.807) is 54.6 Å². The zero-order valence-corrected chi connectivity index (χ0v) is 18.0. The Morgan fingerprint density at radius 3 is 2.35 bits per heavy atom. The quantitative estimate of drug-likeness (QED) is 0.313. The summed E-state index contributed by atoms with van der Waals surface area (Å²) in [7, 11) is 1.46. The molecule has 1 aliphatic heterocycles. The van der Waals surface area contributed by atoms with Crippen LogP contribution in [0.25, 0.3) is 5.76 Å². The van der Waals surface area contributed by atoms with Crippen molar-refractivity contribution in [2.75, 3.05) is 7.11 Å². The van der Waals surface area contributed by atoms with Crippen molar-refractivity contribution in [1.29, 1.82) is 0 Å². The van der Waals surface area contributed by atoms with Crippen molar-refractivity contribution < 1.29 is 32.6 Å². The van der Waals surface area contributed by atoms with Crippen LogP contribution in [0.2, 0.25) is 0 Å². The summed E-state index contributed by atoms with van der Waals surface area (Å²) in [6, 6.07) is 18.5. The molecule has 1 amide bonds. The Morgan fingerprint density at radius 2 is 1.68 bits per heavy atom. The number of benzene rings is 3.